The maximum atomic E-state index is 12.5. The minimum Gasteiger partial charge on any atom is -0.324 e. The van der Waals surface area contributed by atoms with Crippen molar-refractivity contribution in [3.8, 4) is 0 Å². The molecule has 130 valence electrons. The summed E-state index contributed by atoms with van der Waals surface area (Å²) in [6.45, 7) is 1.54. The SMILES string of the molecule is Cc1nc2cc(NC(=O)CN3C(=O)N=C4C=CC=CC4C3=O)ccc2s1. The molecule has 2 heterocycles. The number of fused-ring (bicyclic) bond motifs is 2. The number of carbonyl (C=O) groups is 3. The largest absolute Gasteiger partial charge is 0.351 e. The summed E-state index contributed by atoms with van der Waals surface area (Å²) in [7, 11) is 0. The predicted molar refractivity (Wildman–Crippen MR) is 99.3 cm³/mol. The Labute approximate surface area is 152 Å². The van der Waals surface area contributed by atoms with Gasteiger partial charge in [-0.3, -0.25) is 14.5 Å². The van der Waals surface area contributed by atoms with Crippen molar-refractivity contribution in [1.82, 2.24) is 9.88 Å². The van der Waals surface area contributed by atoms with E-state index in [1.54, 1.807) is 47.8 Å². The highest BCUT2D eigenvalue weighted by Gasteiger charge is 2.36. The van der Waals surface area contributed by atoms with E-state index in [0.29, 0.717) is 11.4 Å². The Morgan fingerprint density at radius 3 is 3.00 bits per heavy atom. The first kappa shape index (κ1) is 16.3. The van der Waals surface area contributed by atoms with Crippen LogP contribution in [-0.2, 0) is 9.59 Å². The van der Waals surface area contributed by atoms with Crippen molar-refractivity contribution >= 4 is 50.8 Å². The number of carbonyl (C=O) groups excluding carboxylic acids is 3. The number of hydrogen-bond acceptors (Lipinski definition) is 5. The lowest BCUT2D eigenvalue weighted by atomic mass is 9.95. The highest BCUT2D eigenvalue weighted by Crippen LogP contribution is 2.24. The molecule has 7 nitrogen and oxygen atoms in total. The zero-order valence-electron chi connectivity index (χ0n) is 13.8. The second-order valence-electron chi connectivity index (χ2n) is 5.93. The van der Waals surface area contributed by atoms with Crippen molar-refractivity contribution in [2.45, 2.75) is 6.92 Å². The fourth-order valence-corrected chi connectivity index (χ4v) is 3.70. The monoisotopic (exact) mass is 366 g/mol. The molecule has 0 bridgehead atoms. The van der Waals surface area contributed by atoms with Gasteiger partial charge in [0.2, 0.25) is 11.8 Å². The highest BCUT2D eigenvalue weighted by atomic mass is 32.1. The van der Waals surface area contributed by atoms with E-state index in [1.807, 2.05) is 13.0 Å². The van der Waals surface area contributed by atoms with Crippen molar-refractivity contribution < 1.29 is 14.4 Å². The number of aryl methyl sites for hydroxylation is 1. The molecule has 1 atom stereocenters. The van der Waals surface area contributed by atoms with Crippen molar-refractivity contribution in [2.24, 2.45) is 10.9 Å². The summed E-state index contributed by atoms with van der Waals surface area (Å²) < 4.78 is 1.03. The van der Waals surface area contributed by atoms with Crippen LogP contribution in [-0.4, -0.2) is 40.0 Å². The summed E-state index contributed by atoms with van der Waals surface area (Å²) >= 11 is 1.57. The Morgan fingerprint density at radius 2 is 2.15 bits per heavy atom. The average molecular weight is 366 g/mol. The van der Waals surface area contributed by atoms with Gasteiger partial charge in [0.25, 0.3) is 0 Å². The van der Waals surface area contributed by atoms with Gasteiger partial charge < -0.3 is 5.32 Å². The fourth-order valence-electron chi connectivity index (χ4n) is 2.89. The molecule has 1 aromatic carbocycles. The van der Waals surface area contributed by atoms with Crippen molar-refractivity contribution in [2.75, 3.05) is 11.9 Å². The van der Waals surface area contributed by atoms with Gasteiger partial charge >= 0.3 is 6.03 Å². The molecule has 0 saturated heterocycles. The number of imide groups is 1. The molecule has 0 saturated carbocycles. The second-order valence-corrected chi connectivity index (χ2v) is 7.16. The number of thiazole rings is 1. The van der Waals surface area contributed by atoms with Gasteiger partial charge in [-0.15, -0.1) is 11.3 Å². The molecule has 2 aromatic rings. The minimum atomic E-state index is -0.720. The molecule has 1 aliphatic heterocycles. The molecule has 1 N–H and O–H groups in total. The van der Waals surface area contributed by atoms with Crippen LogP contribution in [0.3, 0.4) is 0 Å². The normalized spacial score (nSPS) is 18.9. The molecule has 26 heavy (non-hydrogen) atoms. The molecular weight excluding hydrogens is 352 g/mol. The number of urea groups is 1. The Kier molecular flexibility index (Phi) is 3.96. The van der Waals surface area contributed by atoms with Crippen molar-refractivity contribution in [3.63, 3.8) is 0 Å². The zero-order valence-corrected chi connectivity index (χ0v) is 14.6. The number of rotatable bonds is 3. The number of aliphatic imine (C=N–C) groups is 1. The quantitative estimate of drug-likeness (QED) is 0.904. The van der Waals surface area contributed by atoms with Crippen LogP contribution in [0.25, 0.3) is 10.2 Å². The summed E-state index contributed by atoms with van der Waals surface area (Å²) in [5, 5.41) is 3.64. The van der Waals surface area contributed by atoms with Crippen molar-refractivity contribution in [3.05, 3.63) is 47.5 Å². The Balaban J connectivity index is 1.49. The number of benzene rings is 1. The molecule has 4 rings (SSSR count). The topological polar surface area (TPSA) is 91.7 Å². The molecule has 1 unspecified atom stereocenters. The highest BCUT2D eigenvalue weighted by molar-refractivity contribution is 7.18. The molecule has 2 aliphatic rings. The molecule has 1 aromatic heterocycles. The van der Waals surface area contributed by atoms with Crippen LogP contribution in [0.5, 0.6) is 0 Å². The van der Waals surface area contributed by atoms with E-state index in [0.717, 1.165) is 20.1 Å². The Morgan fingerprint density at radius 1 is 1.31 bits per heavy atom. The number of allylic oxidation sites excluding steroid dienone is 3. The third kappa shape index (κ3) is 2.95. The standard InChI is InChI=1S/C18H14N4O3S/c1-10-19-14-8-11(6-7-15(14)26-10)20-16(23)9-22-17(24)12-4-2-3-5-13(12)21-18(22)25/h2-8,12H,9H2,1H3,(H,20,23). The number of aromatic nitrogens is 1. The number of hydrogen-bond donors (Lipinski definition) is 1. The number of nitrogens with one attached hydrogen (secondary N) is 1. The van der Waals surface area contributed by atoms with Gasteiger partial charge in [0.15, 0.2) is 0 Å². The van der Waals surface area contributed by atoms with E-state index in [-0.39, 0.29) is 6.54 Å². The van der Waals surface area contributed by atoms with Crippen LogP contribution in [0.15, 0.2) is 47.5 Å². The Hall–Kier alpha value is -3.13. The van der Waals surface area contributed by atoms with Crippen LogP contribution in [0.2, 0.25) is 0 Å². The number of anilines is 1. The predicted octanol–water partition coefficient (Wildman–Crippen LogP) is 2.69. The van der Waals surface area contributed by atoms with Crippen LogP contribution in [0.4, 0.5) is 10.5 Å². The summed E-state index contributed by atoms with van der Waals surface area (Å²) in [5.74, 6) is -1.52. The third-order valence-electron chi connectivity index (χ3n) is 4.07. The molecular formula is C18H14N4O3S. The van der Waals surface area contributed by atoms with Gasteiger partial charge in [0, 0.05) is 5.69 Å². The molecule has 4 amide bonds. The van der Waals surface area contributed by atoms with E-state index in [4.69, 9.17) is 0 Å². The summed E-state index contributed by atoms with van der Waals surface area (Å²) in [5.41, 5.74) is 1.77. The van der Waals surface area contributed by atoms with Gasteiger partial charge in [0.1, 0.15) is 6.54 Å². The average Bonchev–Trinajstić information content (AvgIpc) is 2.98. The van der Waals surface area contributed by atoms with Gasteiger partial charge in [-0.05, 0) is 31.2 Å². The van der Waals surface area contributed by atoms with Gasteiger partial charge in [-0.2, -0.15) is 4.99 Å². The minimum absolute atomic E-state index is 0.378. The van der Waals surface area contributed by atoms with E-state index >= 15 is 0 Å². The van der Waals surface area contributed by atoms with Crippen LogP contribution in [0.1, 0.15) is 5.01 Å². The van der Waals surface area contributed by atoms with E-state index in [1.165, 1.54) is 0 Å². The zero-order chi connectivity index (χ0) is 18.3. The lowest BCUT2D eigenvalue weighted by Crippen LogP contribution is -2.48. The smallest absolute Gasteiger partial charge is 0.324 e. The van der Waals surface area contributed by atoms with Crippen LogP contribution < -0.4 is 5.32 Å². The fraction of sp³-hybridized carbons (Fsp3) is 0.167. The maximum Gasteiger partial charge on any atom is 0.351 e. The van der Waals surface area contributed by atoms with Gasteiger partial charge in [-0.1, -0.05) is 18.2 Å². The lowest BCUT2D eigenvalue weighted by Gasteiger charge is -2.27. The third-order valence-corrected chi connectivity index (χ3v) is 5.02. The lowest BCUT2D eigenvalue weighted by molar-refractivity contribution is -0.132. The second kappa shape index (κ2) is 6.30. The summed E-state index contributed by atoms with van der Waals surface area (Å²) in [6, 6.07) is 4.69. The molecule has 0 radical (unpaired) electrons. The van der Waals surface area contributed by atoms with Crippen LogP contribution >= 0.6 is 11.3 Å². The summed E-state index contributed by atoms with van der Waals surface area (Å²) in [4.78, 5) is 46.1. The number of nitrogens with zero attached hydrogens (tertiary/aromatic N) is 3. The maximum absolute atomic E-state index is 12.5. The molecule has 1 aliphatic carbocycles. The van der Waals surface area contributed by atoms with E-state index < -0.39 is 23.8 Å². The van der Waals surface area contributed by atoms with E-state index in [2.05, 4.69) is 15.3 Å². The molecule has 0 spiro atoms. The first-order chi connectivity index (χ1) is 12.5. The first-order valence-corrected chi connectivity index (χ1v) is 8.79. The number of amides is 4. The summed E-state index contributed by atoms with van der Waals surface area (Å²) in [6.07, 6.45) is 6.73. The van der Waals surface area contributed by atoms with E-state index in [9.17, 15) is 14.4 Å². The Bertz CT molecular complexity index is 1030. The molecule has 8 heteroatoms. The first-order valence-electron chi connectivity index (χ1n) is 7.97. The van der Waals surface area contributed by atoms with Crippen LogP contribution in [0, 0.1) is 12.8 Å². The van der Waals surface area contributed by atoms with Gasteiger partial charge in [0.05, 0.1) is 26.9 Å². The van der Waals surface area contributed by atoms with Gasteiger partial charge in [-0.25, -0.2) is 9.78 Å². The van der Waals surface area contributed by atoms with Crippen molar-refractivity contribution in [1.29, 1.82) is 0 Å². The molecule has 0 fully saturated rings.